The molecule has 11 heteroatoms. The minimum atomic E-state index is -1.24. The van der Waals surface area contributed by atoms with Gasteiger partial charge < -0.3 is 29.7 Å². The molecule has 2 atom stereocenters. The summed E-state index contributed by atoms with van der Waals surface area (Å²) < 4.78 is 33.8. The van der Waals surface area contributed by atoms with Crippen molar-refractivity contribution in [2.45, 2.75) is 32.3 Å². The van der Waals surface area contributed by atoms with Crippen molar-refractivity contribution in [3.05, 3.63) is 57.0 Å². The Hall–Kier alpha value is -3.47. The van der Waals surface area contributed by atoms with Crippen LogP contribution in [0.3, 0.4) is 0 Å². The lowest BCUT2D eigenvalue weighted by molar-refractivity contribution is 0.00624. The average Bonchev–Trinajstić information content (AvgIpc) is 3.09. The quantitative estimate of drug-likeness (QED) is 0.670. The number of ether oxygens (including phenoxy) is 1. The molecule has 1 saturated heterocycles. The Morgan fingerprint density at radius 1 is 1.27 bits per heavy atom. The van der Waals surface area contributed by atoms with Crippen LogP contribution in [0.5, 0.6) is 11.5 Å². The molecular weight excluding hydrogens is 404 g/mol. The molecule has 4 rings (SSSR count). The highest BCUT2D eigenvalue weighted by Crippen LogP contribution is 2.29. The van der Waals surface area contributed by atoms with Crippen LogP contribution in [0, 0.1) is 11.6 Å². The van der Waals surface area contributed by atoms with Crippen molar-refractivity contribution in [3.8, 4) is 11.5 Å². The van der Waals surface area contributed by atoms with E-state index in [-0.39, 0.29) is 23.8 Å². The summed E-state index contributed by atoms with van der Waals surface area (Å²) in [7, 11) is 0. The van der Waals surface area contributed by atoms with Crippen LogP contribution in [0.25, 0.3) is 0 Å². The maximum atomic E-state index is 13.9. The molecule has 3 heterocycles. The summed E-state index contributed by atoms with van der Waals surface area (Å²) in [5.74, 6) is -5.95. The van der Waals surface area contributed by atoms with E-state index >= 15 is 0 Å². The van der Waals surface area contributed by atoms with E-state index in [0.29, 0.717) is 6.61 Å². The Morgan fingerprint density at radius 2 is 2.00 bits per heavy atom. The molecule has 158 valence electrons. The maximum absolute atomic E-state index is 13.9. The molecule has 2 amide bonds. The lowest BCUT2D eigenvalue weighted by Gasteiger charge is -2.33. The Bertz CT molecular complexity index is 1130. The number of phenolic OH excluding ortho intramolecular Hbond substituents is 1. The smallest absolute Gasteiger partial charge is 0.276 e. The second-order valence-corrected chi connectivity index (χ2v) is 7.12. The molecule has 0 saturated carbocycles. The van der Waals surface area contributed by atoms with E-state index in [4.69, 9.17) is 4.74 Å². The minimum Gasteiger partial charge on any atom is -0.503 e. The zero-order valence-corrected chi connectivity index (χ0v) is 15.7. The molecule has 9 nitrogen and oxygen atoms in total. The summed E-state index contributed by atoms with van der Waals surface area (Å²) in [5, 5.41) is 21.9. The molecule has 0 unspecified atom stereocenters. The van der Waals surface area contributed by atoms with Crippen LogP contribution in [0.4, 0.5) is 8.78 Å². The van der Waals surface area contributed by atoms with Gasteiger partial charge in [0.2, 0.25) is 5.43 Å². The number of phenols is 1. The molecule has 1 fully saturated rings. The van der Waals surface area contributed by atoms with Gasteiger partial charge in [0.05, 0.1) is 19.2 Å². The third kappa shape index (κ3) is 2.98. The fourth-order valence-electron chi connectivity index (χ4n) is 3.63. The highest BCUT2D eigenvalue weighted by Gasteiger charge is 2.42. The molecule has 0 radical (unpaired) electrons. The molecule has 2 aromatic rings. The van der Waals surface area contributed by atoms with Crippen LogP contribution in [0.1, 0.15) is 33.3 Å². The lowest BCUT2D eigenvalue weighted by atomic mass is 10.1. The summed E-state index contributed by atoms with van der Waals surface area (Å²) in [6, 6.07) is 1.64. The van der Waals surface area contributed by atoms with Gasteiger partial charge >= 0.3 is 0 Å². The van der Waals surface area contributed by atoms with Crippen LogP contribution < -0.4 is 10.7 Å². The first-order valence-electron chi connectivity index (χ1n) is 9.05. The van der Waals surface area contributed by atoms with Gasteiger partial charge in [-0.05, 0) is 13.0 Å². The first-order valence-corrected chi connectivity index (χ1v) is 9.05. The summed E-state index contributed by atoms with van der Waals surface area (Å²) in [6.07, 6.45) is 0.543. The second-order valence-electron chi connectivity index (χ2n) is 7.12. The van der Waals surface area contributed by atoms with Crippen molar-refractivity contribution in [1.29, 1.82) is 0 Å². The van der Waals surface area contributed by atoms with Gasteiger partial charge in [0.1, 0.15) is 5.56 Å². The summed E-state index contributed by atoms with van der Waals surface area (Å²) in [5.41, 5.74) is -1.96. The van der Waals surface area contributed by atoms with Crippen LogP contribution in [-0.4, -0.2) is 50.4 Å². The Morgan fingerprint density at radius 3 is 2.73 bits per heavy atom. The SMILES string of the molecule is C[C@H]1CO[C@@H]2Cn3cc(C(=O)NCc4ccc(F)c(O)c4F)c(=O)c(O)c3C(=O)N12. The second kappa shape index (κ2) is 7.10. The topological polar surface area (TPSA) is 121 Å². The number of halogens is 2. The highest BCUT2D eigenvalue weighted by molar-refractivity contribution is 5.99. The number of hydrogen-bond acceptors (Lipinski definition) is 6. The summed E-state index contributed by atoms with van der Waals surface area (Å²) >= 11 is 0. The third-order valence-corrected chi connectivity index (χ3v) is 5.19. The van der Waals surface area contributed by atoms with Gasteiger partial charge in [-0.1, -0.05) is 6.07 Å². The van der Waals surface area contributed by atoms with Crippen LogP contribution in [0.2, 0.25) is 0 Å². The maximum Gasteiger partial charge on any atom is 0.276 e. The van der Waals surface area contributed by atoms with Gasteiger partial charge in [0, 0.05) is 18.3 Å². The molecule has 1 aromatic heterocycles. The van der Waals surface area contributed by atoms with E-state index in [1.54, 1.807) is 6.92 Å². The average molecular weight is 421 g/mol. The summed E-state index contributed by atoms with van der Waals surface area (Å²) in [4.78, 5) is 39.1. The van der Waals surface area contributed by atoms with Gasteiger partial charge in [-0.2, -0.15) is 0 Å². The first-order chi connectivity index (χ1) is 14.2. The van der Waals surface area contributed by atoms with Crippen molar-refractivity contribution in [3.63, 3.8) is 0 Å². The fraction of sp³-hybridized carbons (Fsp3) is 0.316. The van der Waals surface area contributed by atoms with E-state index in [2.05, 4.69) is 5.32 Å². The zero-order chi connectivity index (χ0) is 21.7. The molecule has 2 aliphatic heterocycles. The number of aromatic nitrogens is 1. The van der Waals surface area contributed by atoms with Crippen molar-refractivity contribution in [1.82, 2.24) is 14.8 Å². The molecule has 1 aromatic carbocycles. The van der Waals surface area contributed by atoms with Crippen LogP contribution >= 0.6 is 0 Å². The molecule has 0 spiro atoms. The number of benzene rings is 1. The lowest BCUT2D eigenvalue weighted by Crippen LogP contribution is -2.49. The van der Waals surface area contributed by atoms with Gasteiger partial charge in [0.15, 0.2) is 35.1 Å². The largest absolute Gasteiger partial charge is 0.503 e. The molecule has 3 N–H and O–H groups in total. The number of fused-ring (bicyclic) bond motifs is 2. The number of amides is 2. The number of rotatable bonds is 3. The molecule has 0 bridgehead atoms. The van der Waals surface area contributed by atoms with Gasteiger partial charge in [-0.15, -0.1) is 0 Å². The van der Waals surface area contributed by atoms with E-state index in [0.717, 1.165) is 18.3 Å². The Kier molecular flexibility index (Phi) is 4.69. The van der Waals surface area contributed by atoms with E-state index < -0.39 is 58.7 Å². The van der Waals surface area contributed by atoms with E-state index in [1.807, 2.05) is 0 Å². The number of pyridine rings is 1. The monoisotopic (exact) mass is 421 g/mol. The number of carbonyl (C=O) groups is 2. The highest BCUT2D eigenvalue weighted by atomic mass is 19.1. The predicted octanol–water partition coefficient (Wildman–Crippen LogP) is 0.668. The van der Waals surface area contributed by atoms with Gasteiger partial charge in [0.25, 0.3) is 11.8 Å². The van der Waals surface area contributed by atoms with Crippen LogP contribution in [-0.2, 0) is 17.8 Å². The first kappa shape index (κ1) is 19.8. The standard InChI is InChI=1S/C19H17F2N3O6/c1-8-7-30-12-6-23-5-10(15(25)17(27)14(23)19(29)24(8)12)18(28)22-4-9-2-3-11(20)16(26)13(9)21/h2-3,5,8,12,26-27H,4,6-7H2,1H3,(H,22,28)/t8-,12+/m0/s1. The van der Waals surface area contributed by atoms with Crippen molar-refractivity contribution >= 4 is 11.8 Å². The predicted molar refractivity (Wildman–Crippen MR) is 96.9 cm³/mol. The van der Waals surface area contributed by atoms with Gasteiger partial charge in [-0.25, -0.2) is 8.78 Å². The molecule has 0 aliphatic carbocycles. The third-order valence-electron chi connectivity index (χ3n) is 5.19. The van der Waals surface area contributed by atoms with E-state index in [9.17, 15) is 33.4 Å². The molecular formula is C19H17F2N3O6. The number of nitrogens with zero attached hydrogens (tertiary/aromatic N) is 2. The number of hydrogen-bond donors (Lipinski definition) is 3. The molecule has 2 aliphatic rings. The van der Waals surface area contributed by atoms with E-state index in [1.165, 1.54) is 9.47 Å². The Labute approximate surface area is 168 Å². The summed E-state index contributed by atoms with van der Waals surface area (Å²) in [6.45, 7) is 1.74. The normalized spacial score (nSPS) is 20.1. The number of aromatic hydroxyl groups is 2. The number of carbonyl (C=O) groups excluding carboxylic acids is 2. The van der Waals surface area contributed by atoms with Crippen molar-refractivity contribution in [2.75, 3.05) is 6.61 Å². The van der Waals surface area contributed by atoms with Gasteiger partial charge in [-0.3, -0.25) is 14.4 Å². The fourth-order valence-corrected chi connectivity index (χ4v) is 3.63. The zero-order valence-electron chi connectivity index (χ0n) is 15.7. The van der Waals surface area contributed by atoms with Crippen molar-refractivity contribution in [2.24, 2.45) is 0 Å². The van der Waals surface area contributed by atoms with Crippen molar-refractivity contribution < 1.29 is 33.3 Å². The minimum absolute atomic E-state index is 0.111. The van der Waals surface area contributed by atoms with Crippen LogP contribution in [0.15, 0.2) is 23.1 Å². The Balaban J connectivity index is 1.62. The number of nitrogens with one attached hydrogen (secondary N) is 1. The molecule has 30 heavy (non-hydrogen) atoms.